The predicted octanol–water partition coefficient (Wildman–Crippen LogP) is 5.49. The van der Waals surface area contributed by atoms with Gasteiger partial charge in [-0.2, -0.15) is 0 Å². The minimum atomic E-state index is -1.17. The van der Waals surface area contributed by atoms with Crippen LogP contribution in [0.5, 0.6) is 5.75 Å². The summed E-state index contributed by atoms with van der Waals surface area (Å²) in [5.41, 5.74) is 0.867. The van der Waals surface area contributed by atoms with Gasteiger partial charge in [0.1, 0.15) is 11.9 Å². The molecule has 0 saturated heterocycles. The third kappa shape index (κ3) is 5.98. The molecule has 3 N–H and O–H groups in total. The lowest BCUT2D eigenvalue weighted by molar-refractivity contribution is -0.131. The zero-order valence-corrected chi connectivity index (χ0v) is 19.4. The lowest BCUT2D eigenvalue weighted by Gasteiger charge is -2.26. The molecule has 32 heavy (non-hydrogen) atoms. The summed E-state index contributed by atoms with van der Waals surface area (Å²) < 4.78 is 12.1. The number of carbonyl (C=O) groups excluding carboxylic acids is 1. The van der Waals surface area contributed by atoms with E-state index in [2.05, 4.69) is 27.9 Å². The highest BCUT2D eigenvalue weighted by Gasteiger charge is 2.29. The van der Waals surface area contributed by atoms with Gasteiger partial charge >= 0.3 is 12.1 Å². The number of fused-ring (bicyclic) bond motifs is 1. The highest BCUT2D eigenvalue weighted by Crippen LogP contribution is 2.33. The van der Waals surface area contributed by atoms with Gasteiger partial charge < -0.3 is 19.7 Å². The van der Waals surface area contributed by atoms with Crippen molar-refractivity contribution >= 4 is 51.1 Å². The quantitative estimate of drug-likeness (QED) is 0.255. The molecule has 8 heteroatoms. The van der Waals surface area contributed by atoms with Gasteiger partial charge in [-0.3, -0.25) is 5.32 Å². The number of aromatic hydroxyl groups is 1. The van der Waals surface area contributed by atoms with Crippen molar-refractivity contribution in [2.75, 3.05) is 11.9 Å². The number of benzene rings is 3. The highest BCUT2D eigenvalue weighted by atomic mass is 127. The van der Waals surface area contributed by atoms with E-state index >= 15 is 0 Å². The average molecular weight is 547 g/mol. The molecule has 0 aliphatic rings. The van der Waals surface area contributed by atoms with Crippen molar-refractivity contribution < 1.29 is 29.3 Å². The fraction of sp³-hybridized carbons (Fsp3) is 0.167. The Morgan fingerprint density at radius 3 is 2.62 bits per heavy atom. The Hall–Kier alpha value is -3.11. The van der Waals surface area contributed by atoms with E-state index in [0.717, 1.165) is 20.4 Å². The van der Waals surface area contributed by atoms with E-state index in [4.69, 9.17) is 14.6 Å². The third-order valence-electron chi connectivity index (χ3n) is 4.64. The molecule has 0 aromatic heterocycles. The SMILES string of the molecule is CCO[C@H](/C=C/C(=O)O)[C@H](OC(=O)Nc1cccc2ccccc12)c1cc(I)ccc1O. The molecule has 0 bridgehead atoms. The number of amides is 1. The second-order valence-corrected chi connectivity index (χ2v) is 8.04. The Morgan fingerprint density at radius 2 is 1.88 bits per heavy atom. The number of hydrogen-bond acceptors (Lipinski definition) is 5. The number of rotatable bonds is 8. The number of nitrogens with one attached hydrogen (secondary N) is 1. The van der Waals surface area contributed by atoms with Gasteiger partial charge in [0, 0.05) is 27.2 Å². The van der Waals surface area contributed by atoms with Crippen LogP contribution in [0.25, 0.3) is 10.8 Å². The number of carboxylic acids is 1. The first kappa shape index (κ1) is 23.6. The first-order valence-corrected chi connectivity index (χ1v) is 10.9. The van der Waals surface area contributed by atoms with Gasteiger partial charge in [-0.25, -0.2) is 9.59 Å². The minimum absolute atomic E-state index is 0.0956. The molecule has 0 aliphatic carbocycles. The van der Waals surface area contributed by atoms with Crippen LogP contribution >= 0.6 is 22.6 Å². The first-order valence-electron chi connectivity index (χ1n) is 9.85. The zero-order chi connectivity index (χ0) is 23.1. The van der Waals surface area contributed by atoms with Crippen molar-refractivity contribution in [3.63, 3.8) is 0 Å². The second-order valence-electron chi connectivity index (χ2n) is 6.80. The van der Waals surface area contributed by atoms with Crippen molar-refractivity contribution in [1.29, 1.82) is 0 Å². The highest BCUT2D eigenvalue weighted by molar-refractivity contribution is 14.1. The zero-order valence-electron chi connectivity index (χ0n) is 17.2. The van der Waals surface area contributed by atoms with Crippen LogP contribution in [0, 0.1) is 3.57 Å². The Kier molecular flexibility index (Phi) is 8.07. The van der Waals surface area contributed by atoms with Gasteiger partial charge in [0.25, 0.3) is 0 Å². The topological polar surface area (TPSA) is 105 Å². The number of phenols is 1. The summed E-state index contributed by atoms with van der Waals surface area (Å²) in [6.07, 6.45) is -0.572. The molecule has 0 radical (unpaired) electrons. The van der Waals surface area contributed by atoms with E-state index in [9.17, 15) is 14.7 Å². The van der Waals surface area contributed by atoms with Crippen molar-refractivity contribution in [2.24, 2.45) is 0 Å². The number of anilines is 1. The molecule has 7 nitrogen and oxygen atoms in total. The maximum Gasteiger partial charge on any atom is 0.412 e. The molecular formula is C24H22INO6. The Bertz CT molecular complexity index is 1140. The number of carbonyl (C=O) groups is 2. The van der Waals surface area contributed by atoms with Crippen LogP contribution in [-0.4, -0.2) is 35.0 Å². The molecule has 3 aromatic rings. The second kappa shape index (κ2) is 11.0. The molecule has 0 unspecified atom stereocenters. The van der Waals surface area contributed by atoms with Crippen LogP contribution in [-0.2, 0) is 14.3 Å². The van der Waals surface area contributed by atoms with Crippen molar-refractivity contribution in [3.8, 4) is 5.75 Å². The normalized spacial score (nSPS) is 13.1. The maximum atomic E-state index is 12.9. The number of aliphatic carboxylic acids is 1. The van der Waals surface area contributed by atoms with E-state index in [1.54, 1.807) is 25.1 Å². The van der Waals surface area contributed by atoms with E-state index in [0.29, 0.717) is 11.3 Å². The molecule has 1 amide bonds. The lowest BCUT2D eigenvalue weighted by Crippen LogP contribution is -2.28. The van der Waals surface area contributed by atoms with Crippen LogP contribution in [0.1, 0.15) is 18.6 Å². The summed E-state index contributed by atoms with van der Waals surface area (Å²) in [5, 5.41) is 24.0. The third-order valence-corrected chi connectivity index (χ3v) is 5.31. The van der Waals surface area contributed by atoms with E-state index in [1.165, 1.54) is 12.1 Å². The van der Waals surface area contributed by atoms with Gasteiger partial charge in [0.15, 0.2) is 6.10 Å². The van der Waals surface area contributed by atoms with Crippen molar-refractivity contribution in [3.05, 3.63) is 81.9 Å². The fourth-order valence-corrected chi connectivity index (χ4v) is 3.78. The van der Waals surface area contributed by atoms with Crippen LogP contribution in [0.3, 0.4) is 0 Å². The van der Waals surface area contributed by atoms with Gasteiger partial charge in [0.05, 0.1) is 5.69 Å². The molecule has 2 atom stereocenters. The number of ether oxygens (including phenoxy) is 2. The Balaban J connectivity index is 1.94. The summed E-state index contributed by atoms with van der Waals surface area (Å²) in [6, 6.07) is 17.9. The summed E-state index contributed by atoms with van der Waals surface area (Å²) in [5.74, 6) is -1.26. The molecule has 3 aromatic carbocycles. The standard InChI is InChI=1S/C24H22INO6/c1-2-31-21(12-13-22(28)29)23(18-14-16(25)10-11-20(18)27)32-24(30)26-19-9-5-7-15-6-3-4-8-17(15)19/h3-14,21,23,27H,2H2,1H3,(H,26,30)(H,28,29)/b13-12+/t21-,23-/m1/s1. The maximum absolute atomic E-state index is 12.9. The minimum Gasteiger partial charge on any atom is -0.508 e. The largest absolute Gasteiger partial charge is 0.508 e. The fourth-order valence-electron chi connectivity index (χ4n) is 3.26. The predicted molar refractivity (Wildman–Crippen MR) is 130 cm³/mol. The Morgan fingerprint density at radius 1 is 1.12 bits per heavy atom. The van der Waals surface area contributed by atoms with Crippen molar-refractivity contribution in [1.82, 2.24) is 0 Å². The van der Waals surface area contributed by atoms with E-state index < -0.39 is 24.3 Å². The van der Waals surface area contributed by atoms with Crippen molar-refractivity contribution in [2.45, 2.75) is 19.1 Å². The van der Waals surface area contributed by atoms with E-state index in [-0.39, 0.29) is 12.4 Å². The van der Waals surface area contributed by atoms with Crippen LogP contribution in [0.15, 0.2) is 72.8 Å². The molecular weight excluding hydrogens is 525 g/mol. The number of carboxylic acid groups (broad SMARTS) is 1. The number of phenolic OH excluding ortho intramolecular Hbond substituents is 1. The summed E-state index contributed by atoms with van der Waals surface area (Å²) in [4.78, 5) is 23.9. The van der Waals surface area contributed by atoms with Crippen LogP contribution in [0.2, 0.25) is 0 Å². The molecule has 0 heterocycles. The Labute approximate surface area is 198 Å². The molecule has 0 spiro atoms. The van der Waals surface area contributed by atoms with Gasteiger partial charge in [0.2, 0.25) is 0 Å². The van der Waals surface area contributed by atoms with Crippen LogP contribution in [0.4, 0.5) is 10.5 Å². The summed E-state index contributed by atoms with van der Waals surface area (Å²) >= 11 is 2.07. The van der Waals surface area contributed by atoms with Gasteiger partial charge in [-0.1, -0.05) is 36.4 Å². The van der Waals surface area contributed by atoms with E-state index in [1.807, 2.05) is 36.4 Å². The summed E-state index contributed by atoms with van der Waals surface area (Å²) in [6.45, 7) is 1.98. The monoisotopic (exact) mass is 547 g/mol. The average Bonchev–Trinajstić information content (AvgIpc) is 2.77. The number of hydrogen-bond donors (Lipinski definition) is 3. The lowest BCUT2D eigenvalue weighted by atomic mass is 10.0. The number of halogens is 1. The first-order chi connectivity index (χ1) is 15.4. The molecule has 0 aliphatic heterocycles. The van der Waals surface area contributed by atoms with Gasteiger partial charge in [-0.05, 0) is 65.2 Å². The summed E-state index contributed by atoms with van der Waals surface area (Å²) in [7, 11) is 0. The van der Waals surface area contributed by atoms with Gasteiger partial charge in [-0.15, -0.1) is 0 Å². The van der Waals surface area contributed by atoms with Crippen LogP contribution < -0.4 is 5.32 Å². The molecule has 0 saturated carbocycles. The smallest absolute Gasteiger partial charge is 0.412 e. The molecule has 3 rings (SSSR count). The molecule has 0 fully saturated rings. The molecule has 166 valence electrons.